The molecular weight excluding hydrogens is 396 g/mol. The molecule has 1 heterocycles. The fraction of sp³-hybridized carbons (Fsp3) is 0.174. The Morgan fingerprint density at radius 3 is 2.57 bits per heavy atom. The number of aromatic nitrogens is 3. The van der Waals surface area contributed by atoms with Crippen molar-refractivity contribution in [2.24, 2.45) is 4.99 Å². The highest BCUT2D eigenvalue weighted by molar-refractivity contribution is 7.99. The summed E-state index contributed by atoms with van der Waals surface area (Å²) in [6.45, 7) is 0. The molecule has 0 aliphatic carbocycles. The first-order valence-corrected chi connectivity index (χ1v) is 10.6. The first-order valence-electron chi connectivity index (χ1n) is 9.58. The van der Waals surface area contributed by atoms with E-state index in [2.05, 4.69) is 68.7 Å². The number of nitrogens with one attached hydrogen (secondary N) is 1. The molecule has 0 aliphatic rings. The molecule has 6 nitrogen and oxygen atoms in total. The van der Waals surface area contributed by atoms with Gasteiger partial charge in [0.15, 0.2) is 17.3 Å². The fourth-order valence-corrected chi connectivity index (χ4v) is 3.85. The van der Waals surface area contributed by atoms with Crippen LogP contribution in [0.4, 0.5) is 0 Å². The van der Waals surface area contributed by atoms with Gasteiger partial charge in [-0.05, 0) is 45.7 Å². The number of nitrogens with zero attached hydrogens (tertiary/aromatic N) is 3. The number of hydrogen-bond donors (Lipinski definition) is 3. The van der Waals surface area contributed by atoms with E-state index in [0.29, 0.717) is 11.0 Å². The van der Waals surface area contributed by atoms with E-state index in [1.807, 2.05) is 18.3 Å². The van der Waals surface area contributed by atoms with Crippen LogP contribution in [0.1, 0.15) is 5.56 Å². The number of aliphatic hydroxyl groups is 2. The minimum atomic E-state index is -1.39. The minimum Gasteiger partial charge on any atom is -0.367 e. The van der Waals surface area contributed by atoms with Crippen molar-refractivity contribution in [1.82, 2.24) is 15.2 Å². The lowest BCUT2D eigenvalue weighted by atomic mass is 9.96. The van der Waals surface area contributed by atoms with Crippen molar-refractivity contribution < 1.29 is 10.2 Å². The topological polar surface area (TPSA) is 94.4 Å². The van der Waals surface area contributed by atoms with E-state index in [1.54, 1.807) is 7.05 Å². The number of benzene rings is 3. The van der Waals surface area contributed by atoms with Gasteiger partial charge in [0.05, 0.1) is 5.75 Å². The number of hydrogen-bond acceptors (Lipinski definition) is 6. The van der Waals surface area contributed by atoms with Crippen LogP contribution in [0.2, 0.25) is 0 Å². The molecule has 1 aromatic heterocycles. The number of aromatic amines is 1. The Morgan fingerprint density at radius 1 is 0.967 bits per heavy atom. The van der Waals surface area contributed by atoms with Gasteiger partial charge < -0.3 is 20.2 Å². The van der Waals surface area contributed by atoms with Gasteiger partial charge in [-0.1, -0.05) is 54.2 Å². The summed E-state index contributed by atoms with van der Waals surface area (Å²) in [6.07, 6.45) is 1.21. The molecule has 152 valence electrons. The smallest absolute Gasteiger partial charge is 0.189 e. The van der Waals surface area contributed by atoms with Crippen molar-refractivity contribution in [3.8, 4) is 22.5 Å². The normalized spacial score (nSPS) is 11.7. The molecule has 3 aromatic carbocycles. The third-order valence-electron chi connectivity index (χ3n) is 4.69. The monoisotopic (exact) mass is 418 g/mol. The summed E-state index contributed by atoms with van der Waals surface area (Å²) in [5, 5.41) is 29.4. The SMILES string of the molecule is C/N=C\Cc1cc(-c2ccc3ccccc3c2)cc(-c2nnc(SCC(O)O)[nH]2)c1. The Labute approximate surface area is 178 Å². The van der Waals surface area contributed by atoms with Crippen LogP contribution in [-0.4, -0.2) is 50.7 Å². The third-order valence-corrected chi connectivity index (χ3v) is 5.62. The molecule has 0 fully saturated rings. The van der Waals surface area contributed by atoms with E-state index in [9.17, 15) is 0 Å². The molecular formula is C23H22N4O2S. The third kappa shape index (κ3) is 4.76. The van der Waals surface area contributed by atoms with Gasteiger partial charge in [0.1, 0.15) is 0 Å². The van der Waals surface area contributed by atoms with Crippen LogP contribution in [0.15, 0.2) is 70.8 Å². The van der Waals surface area contributed by atoms with Gasteiger partial charge in [-0.3, -0.25) is 0 Å². The molecule has 4 aromatic rings. The maximum absolute atomic E-state index is 9.05. The van der Waals surface area contributed by atoms with E-state index in [-0.39, 0.29) is 5.75 Å². The number of aliphatic imine (C=N–C) groups is 1. The lowest BCUT2D eigenvalue weighted by Crippen LogP contribution is -2.07. The number of fused-ring (bicyclic) bond motifs is 1. The van der Waals surface area contributed by atoms with Crippen molar-refractivity contribution in [3.05, 3.63) is 66.2 Å². The molecule has 0 unspecified atom stereocenters. The Balaban J connectivity index is 1.73. The Kier molecular flexibility index (Phi) is 6.23. The number of rotatable bonds is 7. The summed E-state index contributed by atoms with van der Waals surface area (Å²) in [6, 6.07) is 21.1. The average Bonchev–Trinajstić information content (AvgIpc) is 3.25. The van der Waals surface area contributed by atoms with E-state index >= 15 is 0 Å². The van der Waals surface area contributed by atoms with E-state index in [0.717, 1.165) is 28.7 Å². The number of thioether (sulfide) groups is 1. The van der Waals surface area contributed by atoms with Crippen molar-refractivity contribution in [1.29, 1.82) is 0 Å². The second-order valence-corrected chi connectivity index (χ2v) is 7.90. The molecule has 0 radical (unpaired) electrons. The zero-order valence-corrected chi connectivity index (χ0v) is 17.3. The van der Waals surface area contributed by atoms with E-state index < -0.39 is 6.29 Å². The van der Waals surface area contributed by atoms with Crippen molar-refractivity contribution >= 4 is 28.7 Å². The largest absolute Gasteiger partial charge is 0.367 e. The van der Waals surface area contributed by atoms with Crippen LogP contribution in [0, 0.1) is 0 Å². The van der Waals surface area contributed by atoms with E-state index in [1.165, 1.54) is 22.5 Å². The van der Waals surface area contributed by atoms with Gasteiger partial charge in [-0.15, -0.1) is 10.2 Å². The number of H-pyrrole nitrogens is 1. The van der Waals surface area contributed by atoms with Crippen LogP contribution in [0.25, 0.3) is 33.3 Å². The predicted octanol–water partition coefficient (Wildman–Crippen LogP) is 3.94. The molecule has 4 rings (SSSR count). The first kappa shape index (κ1) is 20.3. The van der Waals surface area contributed by atoms with Crippen molar-refractivity contribution in [2.45, 2.75) is 17.9 Å². The Bertz CT molecular complexity index is 1190. The summed E-state index contributed by atoms with van der Waals surface area (Å²) in [7, 11) is 1.77. The summed E-state index contributed by atoms with van der Waals surface area (Å²) < 4.78 is 0. The zero-order valence-electron chi connectivity index (χ0n) is 16.5. The highest BCUT2D eigenvalue weighted by atomic mass is 32.2. The summed E-state index contributed by atoms with van der Waals surface area (Å²) >= 11 is 1.21. The maximum atomic E-state index is 9.05. The maximum Gasteiger partial charge on any atom is 0.189 e. The molecule has 0 aliphatic heterocycles. The van der Waals surface area contributed by atoms with Crippen LogP contribution >= 0.6 is 11.8 Å². The number of aliphatic hydroxyl groups excluding tert-OH is 1. The van der Waals surface area contributed by atoms with Gasteiger partial charge in [-0.2, -0.15) is 0 Å². The lowest BCUT2D eigenvalue weighted by Gasteiger charge is -2.09. The van der Waals surface area contributed by atoms with Gasteiger partial charge in [0, 0.05) is 25.2 Å². The lowest BCUT2D eigenvalue weighted by molar-refractivity contribution is -0.0186. The summed E-state index contributed by atoms with van der Waals surface area (Å²) in [5.41, 5.74) is 4.26. The standard InChI is InChI=1S/C23H22N4O2S/c1-24-9-8-15-10-19(18-7-6-16-4-2-3-5-17(16)12-18)13-20(11-15)22-25-23(27-26-22)30-14-21(28)29/h2-7,9-13,21,28-29H,8,14H2,1H3,(H,25,26,27)/b24-9-. The minimum absolute atomic E-state index is 0.129. The predicted molar refractivity (Wildman–Crippen MR) is 122 cm³/mol. The van der Waals surface area contributed by atoms with Crippen LogP contribution in [0.5, 0.6) is 0 Å². The average molecular weight is 419 g/mol. The quantitative estimate of drug-likeness (QED) is 0.240. The summed E-state index contributed by atoms with van der Waals surface area (Å²) in [4.78, 5) is 7.27. The van der Waals surface area contributed by atoms with Crippen LogP contribution in [-0.2, 0) is 6.42 Å². The Hall–Kier alpha value is -3.00. The molecule has 30 heavy (non-hydrogen) atoms. The molecule has 3 N–H and O–H groups in total. The first-order chi connectivity index (χ1) is 14.6. The molecule has 0 saturated heterocycles. The van der Waals surface area contributed by atoms with Gasteiger partial charge in [0.2, 0.25) is 0 Å². The van der Waals surface area contributed by atoms with Crippen LogP contribution < -0.4 is 0 Å². The molecule has 0 spiro atoms. The molecule has 0 amide bonds. The van der Waals surface area contributed by atoms with Gasteiger partial charge >= 0.3 is 0 Å². The van der Waals surface area contributed by atoms with E-state index in [4.69, 9.17) is 10.2 Å². The molecule has 0 atom stereocenters. The fourth-order valence-electron chi connectivity index (χ4n) is 3.27. The van der Waals surface area contributed by atoms with Crippen molar-refractivity contribution in [3.63, 3.8) is 0 Å². The molecule has 7 heteroatoms. The van der Waals surface area contributed by atoms with Crippen LogP contribution in [0.3, 0.4) is 0 Å². The molecule has 0 bridgehead atoms. The second kappa shape index (κ2) is 9.21. The highest BCUT2D eigenvalue weighted by Crippen LogP contribution is 2.30. The van der Waals surface area contributed by atoms with Gasteiger partial charge in [-0.25, -0.2) is 0 Å². The second-order valence-electron chi connectivity index (χ2n) is 6.90. The zero-order chi connectivity index (χ0) is 20.9. The van der Waals surface area contributed by atoms with Crippen molar-refractivity contribution in [2.75, 3.05) is 12.8 Å². The summed E-state index contributed by atoms with van der Waals surface area (Å²) in [5.74, 6) is 0.770. The molecule has 0 saturated carbocycles. The van der Waals surface area contributed by atoms with Gasteiger partial charge in [0.25, 0.3) is 0 Å². The highest BCUT2D eigenvalue weighted by Gasteiger charge is 2.11. The Morgan fingerprint density at radius 2 is 1.77 bits per heavy atom.